The van der Waals surface area contributed by atoms with Gasteiger partial charge in [0.25, 0.3) is 0 Å². The number of nitrogens with zero attached hydrogens (tertiary/aromatic N) is 3. The summed E-state index contributed by atoms with van der Waals surface area (Å²) in [6.45, 7) is 8.16. The summed E-state index contributed by atoms with van der Waals surface area (Å²) in [6, 6.07) is 5.33. The summed E-state index contributed by atoms with van der Waals surface area (Å²) in [6.07, 6.45) is 8.53. The molecule has 1 aliphatic heterocycles. The van der Waals surface area contributed by atoms with Gasteiger partial charge in [-0.2, -0.15) is 0 Å². The highest BCUT2D eigenvalue weighted by atomic mass is 35.5. The Bertz CT molecular complexity index is 1000. The van der Waals surface area contributed by atoms with Gasteiger partial charge in [0.15, 0.2) is 0 Å². The number of allylic oxidation sites excluding steroid dienone is 2. The summed E-state index contributed by atoms with van der Waals surface area (Å²) < 4.78 is 14.0. The maximum atomic E-state index is 14.0. The van der Waals surface area contributed by atoms with E-state index in [2.05, 4.69) is 41.7 Å². The highest BCUT2D eigenvalue weighted by molar-refractivity contribution is 6.36. The zero-order valence-corrected chi connectivity index (χ0v) is 20.4. The molecule has 1 aliphatic rings. The molecule has 1 unspecified atom stereocenters. The third-order valence-corrected chi connectivity index (χ3v) is 6.97. The van der Waals surface area contributed by atoms with Gasteiger partial charge in [0, 0.05) is 36.1 Å². The summed E-state index contributed by atoms with van der Waals surface area (Å²) in [5.74, 6) is -0.175. The van der Waals surface area contributed by atoms with Crippen molar-refractivity contribution >= 4 is 34.6 Å². The molecule has 1 saturated heterocycles. The minimum absolute atomic E-state index is 0.0547. The SMILES string of the molecule is C=C/C(=C\N(C)C1CCN(C)CC1)c1cnc(N)c(CC(C)c2c(Cl)ccc(F)c2Cl)c1. The van der Waals surface area contributed by atoms with E-state index in [-0.39, 0.29) is 10.9 Å². The fourth-order valence-electron chi connectivity index (χ4n) is 4.24. The van der Waals surface area contributed by atoms with Crippen molar-refractivity contribution in [3.8, 4) is 0 Å². The summed E-state index contributed by atoms with van der Waals surface area (Å²) in [5.41, 5.74) is 9.55. The first-order valence-electron chi connectivity index (χ1n) is 10.8. The van der Waals surface area contributed by atoms with Gasteiger partial charge in [-0.3, -0.25) is 0 Å². The Morgan fingerprint density at radius 3 is 2.72 bits per heavy atom. The average Bonchev–Trinajstić information content (AvgIpc) is 2.77. The van der Waals surface area contributed by atoms with Crippen LogP contribution in [0.3, 0.4) is 0 Å². The van der Waals surface area contributed by atoms with Crippen molar-refractivity contribution in [2.45, 2.75) is 38.1 Å². The number of benzene rings is 1. The quantitative estimate of drug-likeness (QED) is 0.392. The largest absolute Gasteiger partial charge is 0.383 e. The first-order valence-corrected chi connectivity index (χ1v) is 11.6. The van der Waals surface area contributed by atoms with E-state index in [1.54, 1.807) is 6.20 Å². The molecule has 0 saturated carbocycles. The van der Waals surface area contributed by atoms with Crippen LogP contribution >= 0.6 is 23.2 Å². The minimum atomic E-state index is -0.480. The number of hydrogen-bond acceptors (Lipinski definition) is 4. The lowest BCUT2D eigenvalue weighted by molar-refractivity contribution is 0.180. The molecule has 172 valence electrons. The number of nitrogens with two attached hydrogens (primary N) is 1. The van der Waals surface area contributed by atoms with Crippen LogP contribution in [-0.4, -0.2) is 48.0 Å². The van der Waals surface area contributed by atoms with E-state index in [0.717, 1.165) is 42.6 Å². The predicted octanol–water partition coefficient (Wildman–Crippen LogP) is 6.01. The number of likely N-dealkylation sites (tertiary alicyclic amines) is 1. The molecule has 0 bridgehead atoms. The van der Waals surface area contributed by atoms with Gasteiger partial charge in [-0.15, -0.1) is 0 Å². The van der Waals surface area contributed by atoms with Crippen molar-refractivity contribution in [1.29, 1.82) is 0 Å². The van der Waals surface area contributed by atoms with Gasteiger partial charge in [0.05, 0.1) is 5.02 Å². The van der Waals surface area contributed by atoms with Crippen molar-refractivity contribution in [3.63, 3.8) is 0 Å². The summed E-state index contributed by atoms with van der Waals surface area (Å²) in [4.78, 5) is 9.04. The normalized spacial score (nSPS) is 16.8. The van der Waals surface area contributed by atoms with Crippen molar-refractivity contribution in [3.05, 3.63) is 75.8 Å². The van der Waals surface area contributed by atoms with Crippen molar-refractivity contribution in [2.75, 3.05) is 32.9 Å². The van der Waals surface area contributed by atoms with E-state index >= 15 is 0 Å². The molecule has 7 heteroatoms. The molecule has 32 heavy (non-hydrogen) atoms. The standard InChI is InChI=1S/C25H31Cl2FN4/c1-5-17(15-32(4)20-8-10-31(3)11-9-20)19-13-18(25(29)30-14-19)12-16(2)23-21(26)6-7-22(28)24(23)27/h5-7,13-16,20H,1,8-12H2,2-4H3,(H2,29,30)/b17-15+. The topological polar surface area (TPSA) is 45.4 Å². The second-order valence-corrected chi connectivity index (χ2v) is 9.40. The molecule has 0 aliphatic carbocycles. The van der Waals surface area contributed by atoms with Gasteiger partial charge in [-0.25, -0.2) is 9.37 Å². The molecule has 1 aromatic carbocycles. The zero-order chi connectivity index (χ0) is 23.4. The van der Waals surface area contributed by atoms with Crippen LogP contribution < -0.4 is 5.73 Å². The molecule has 1 atom stereocenters. The number of rotatable bonds is 7. The molecule has 1 fully saturated rings. The number of nitrogen functional groups attached to an aromatic ring is 1. The zero-order valence-electron chi connectivity index (χ0n) is 18.9. The molecule has 2 N–H and O–H groups in total. The van der Waals surface area contributed by atoms with Crippen LogP contribution in [0.2, 0.25) is 10.0 Å². The fraction of sp³-hybridized carbons (Fsp3) is 0.400. The third-order valence-electron chi connectivity index (χ3n) is 6.26. The number of anilines is 1. The number of aromatic nitrogens is 1. The minimum Gasteiger partial charge on any atom is -0.383 e. The molecule has 0 spiro atoms. The van der Waals surface area contributed by atoms with Crippen molar-refractivity contribution in [1.82, 2.24) is 14.8 Å². The summed E-state index contributed by atoms with van der Waals surface area (Å²) in [5, 5.41) is 0.497. The Balaban J connectivity index is 1.84. The third kappa shape index (κ3) is 5.64. The second-order valence-electron chi connectivity index (χ2n) is 8.62. The van der Waals surface area contributed by atoms with E-state index in [4.69, 9.17) is 28.9 Å². The van der Waals surface area contributed by atoms with Gasteiger partial charge < -0.3 is 15.5 Å². The maximum Gasteiger partial charge on any atom is 0.142 e. The molecule has 4 nitrogen and oxygen atoms in total. The number of piperidine rings is 1. The maximum absolute atomic E-state index is 14.0. The molecule has 0 amide bonds. The van der Waals surface area contributed by atoms with E-state index in [1.165, 1.54) is 12.1 Å². The van der Waals surface area contributed by atoms with Crippen molar-refractivity contribution in [2.24, 2.45) is 0 Å². The lowest BCUT2D eigenvalue weighted by Gasteiger charge is -2.35. The van der Waals surface area contributed by atoms with E-state index < -0.39 is 5.82 Å². The number of halogens is 3. The van der Waals surface area contributed by atoms with E-state index in [1.807, 2.05) is 19.1 Å². The van der Waals surface area contributed by atoms with Gasteiger partial charge in [-0.05, 0) is 80.2 Å². The van der Waals surface area contributed by atoms with Crippen molar-refractivity contribution < 1.29 is 4.39 Å². The lowest BCUT2D eigenvalue weighted by Crippen LogP contribution is -2.39. The highest BCUT2D eigenvalue weighted by Crippen LogP contribution is 2.36. The Morgan fingerprint density at radius 1 is 1.38 bits per heavy atom. The van der Waals surface area contributed by atoms with Crippen LogP contribution in [0.5, 0.6) is 0 Å². The first-order chi connectivity index (χ1) is 15.2. The lowest BCUT2D eigenvalue weighted by atomic mass is 9.92. The highest BCUT2D eigenvalue weighted by Gasteiger charge is 2.21. The molecule has 2 aromatic rings. The fourth-order valence-corrected chi connectivity index (χ4v) is 4.98. The molecule has 3 rings (SSSR count). The summed E-state index contributed by atoms with van der Waals surface area (Å²) >= 11 is 12.5. The predicted molar refractivity (Wildman–Crippen MR) is 134 cm³/mol. The van der Waals surface area contributed by atoms with Crippen LogP contribution in [-0.2, 0) is 6.42 Å². The molecular formula is C25H31Cl2FN4. The number of hydrogen-bond donors (Lipinski definition) is 1. The van der Waals surface area contributed by atoms with E-state index in [9.17, 15) is 4.39 Å². The van der Waals surface area contributed by atoms with Crippen LogP contribution in [0.1, 0.15) is 42.4 Å². The van der Waals surface area contributed by atoms with Crippen LogP contribution in [0.25, 0.3) is 5.57 Å². The van der Waals surface area contributed by atoms with Gasteiger partial charge in [-0.1, -0.05) is 42.8 Å². The smallest absolute Gasteiger partial charge is 0.142 e. The number of pyridine rings is 1. The Labute approximate surface area is 200 Å². The average molecular weight is 477 g/mol. The van der Waals surface area contributed by atoms with Gasteiger partial charge >= 0.3 is 0 Å². The molecule has 1 aromatic heterocycles. The van der Waals surface area contributed by atoms with Crippen LogP contribution in [0.4, 0.5) is 10.2 Å². The Kier molecular flexibility index (Phi) is 8.21. The Morgan fingerprint density at radius 2 is 2.06 bits per heavy atom. The first kappa shape index (κ1) is 24.6. The second kappa shape index (κ2) is 10.7. The molecule has 0 radical (unpaired) electrons. The molecular weight excluding hydrogens is 446 g/mol. The Hall–Kier alpha value is -2.08. The van der Waals surface area contributed by atoms with Crippen LogP contribution in [0.15, 0.2) is 43.3 Å². The van der Waals surface area contributed by atoms with Gasteiger partial charge in [0.2, 0.25) is 0 Å². The monoisotopic (exact) mass is 476 g/mol. The van der Waals surface area contributed by atoms with Gasteiger partial charge in [0.1, 0.15) is 11.6 Å². The van der Waals surface area contributed by atoms with Crippen LogP contribution in [0, 0.1) is 5.82 Å². The van der Waals surface area contributed by atoms with E-state index in [0.29, 0.717) is 28.9 Å². The molecule has 2 heterocycles. The summed E-state index contributed by atoms with van der Waals surface area (Å²) in [7, 11) is 4.27.